The predicted molar refractivity (Wildman–Crippen MR) is 123 cm³/mol. The molecule has 0 aromatic carbocycles. The number of rotatable bonds is 16. The average Bonchev–Trinajstić information content (AvgIpc) is 2.80. The van der Waals surface area contributed by atoms with Crippen LogP contribution in [0.25, 0.3) is 0 Å². The van der Waals surface area contributed by atoms with E-state index < -0.39 is 0 Å². The molecule has 3 heteroatoms. The highest BCUT2D eigenvalue weighted by Crippen LogP contribution is 2.11. The first-order chi connectivity index (χ1) is 13.8. The number of hydrogen-bond acceptors (Lipinski definition) is 1. The topological polar surface area (TPSA) is 32.3 Å². The fraction of sp³-hybridized carbons (Fsp3) is 0.880. The number of nitrogens with one attached hydrogen (secondary N) is 1. The Labute approximate surface area is 175 Å². The summed E-state index contributed by atoms with van der Waals surface area (Å²) in [6, 6.07) is 0.162. The Kier molecular flexibility index (Phi) is 17.3. The van der Waals surface area contributed by atoms with Gasteiger partial charge in [0.15, 0.2) is 0 Å². The van der Waals surface area contributed by atoms with Crippen LogP contribution >= 0.6 is 0 Å². The zero-order chi connectivity index (χ0) is 20.1. The zero-order valence-corrected chi connectivity index (χ0v) is 18.9. The van der Waals surface area contributed by atoms with Crippen molar-refractivity contribution in [2.75, 3.05) is 19.6 Å². The van der Waals surface area contributed by atoms with Crippen LogP contribution in [0.15, 0.2) is 12.2 Å². The van der Waals surface area contributed by atoms with Gasteiger partial charge in [-0.3, -0.25) is 0 Å². The van der Waals surface area contributed by atoms with Gasteiger partial charge in [0.2, 0.25) is 0 Å². The maximum absolute atomic E-state index is 12.1. The lowest BCUT2D eigenvalue weighted by Crippen LogP contribution is -2.40. The van der Waals surface area contributed by atoms with Crippen LogP contribution in [0.2, 0.25) is 0 Å². The van der Waals surface area contributed by atoms with E-state index in [1.165, 1.54) is 103 Å². The Morgan fingerprint density at radius 1 is 0.750 bits per heavy atom. The van der Waals surface area contributed by atoms with E-state index in [4.69, 9.17) is 0 Å². The molecule has 1 aliphatic rings. The molecule has 1 rings (SSSR count). The molecule has 1 N–H and O–H groups in total. The number of carbonyl (C=O) groups is 1. The summed E-state index contributed by atoms with van der Waals surface area (Å²) in [5.41, 5.74) is 0. The summed E-state index contributed by atoms with van der Waals surface area (Å²) in [4.78, 5) is 14.2. The number of unbranched alkanes of at least 4 members (excludes halogenated alkanes) is 12. The van der Waals surface area contributed by atoms with Crippen LogP contribution in [0.5, 0.6) is 0 Å². The van der Waals surface area contributed by atoms with Gasteiger partial charge in [-0.25, -0.2) is 4.79 Å². The second-order valence-electron chi connectivity index (χ2n) is 8.57. The molecule has 28 heavy (non-hydrogen) atoms. The summed E-state index contributed by atoms with van der Waals surface area (Å²) in [6.07, 6.45) is 28.3. The van der Waals surface area contributed by atoms with Crippen LogP contribution in [0.3, 0.4) is 0 Å². The van der Waals surface area contributed by atoms with Crippen LogP contribution in [0.4, 0.5) is 4.79 Å². The third kappa shape index (κ3) is 15.0. The fourth-order valence-corrected chi connectivity index (χ4v) is 3.95. The monoisotopic (exact) mass is 392 g/mol. The lowest BCUT2D eigenvalue weighted by atomic mass is 10.1. The number of amides is 2. The number of allylic oxidation sites excluding steroid dienone is 2. The van der Waals surface area contributed by atoms with Crippen LogP contribution in [-0.4, -0.2) is 30.6 Å². The molecule has 0 bridgehead atoms. The highest BCUT2D eigenvalue weighted by atomic mass is 16.2. The maximum Gasteiger partial charge on any atom is 0.317 e. The molecule has 3 nitrogen and oxygen atoms in total. The quantitative estimate of drug-likeness (QED) is 0.213. The molecule has 1 saturated heterocycles. The van der Waals surface area contributed by atoms with Crippen LogP contribution in [0, 0.1) is 0 Å². The Balaban J connectivity index is 1.86. The number of nitrogens with zero attached hydrogens (tertiary/aromatic N) is 1. The van der Waals surface area contributed by atoms with Crippen molar-refractivity contribution in [1.82, 2.24) is 10.2 Å². The highest BCUT2D eigenvalue weighted by Gasteiger charge is 2.13. The lowest BCUT2D eigenvalue weighted by molar-refractivity contribution is 0.197. The van der Waals surface area contributed by atoms with Gasteiger partial charge in [0.25, 0.3) is 0 Å². The van der Waals surface area contributed by atoms with Crippen LogP contribution in [-0.2, 0) is 0 Å². The van der Waals surface area contributed by atoms with Gasteiger partial charge >= 0.3 is 6.03 Å². The summed E-state index contributed by atoms with van der Waals surface area (Å²) in [7, 11) is 0. The molecule has 1 aliphatic heterocycles. The number of hydrogen-bond donors (Lipinski definition) is 1. The third-order valence-corrected chi connectivity index (χ3v) is 5.86. The summed E-state index contributed by atoms with van der Waals surface area (Å²) < 4.78 is 0. The van der Waals surface area contributed by atoms with E-state index in [0.29, 0.717) is 0 Å². The van der Waals surface area contributed by atoms with Crippen molar-refractivity contribution >= 4 is 6.03 Å². The van der Waals surface area contributed by atoms with Gasteiger partial charge in [0.1, 0.15) is 0 Å². The van der Waals surface area contributed by atoms with Crippen molar-refractivity contribution < 1.29 is 4.79 Å². The summed E-state index contributed by atoms with van der Waals surface area (Å²) in [6.45, 7) is 5.01. The first kappa shape index (κ1) is 25.0. The first-order valence-electron chi connectivity index (χ1n) is 12.5. The highest BCUT2D eigenvalue weighted by molar-refractivity contribution is 5.74. The van der Waals surface area contributed by atoms with E-state index in [9.17, 15) is 4.79 Å². The lowest BCUT2D eigenvalue weighted by Gasteiger charge is -2.22. The third-order valence-electron chi connectivity index (χ3n) is 5.86. The van der Waals surface area contributed by atoms with Crippen LogP contribution in [0.1, 0.15) is 122 Å². The van der Waals surface area contributed by atoms with E-state index in [1.54, 1.807) is 0 Å². The molecular weight excluding hydrogens is 344 g/mol. The minimum absolute atomic E-state index is 0.162. The Morgan fingerprint density at radius 3 is 2.00 bits per heavy atom. The second-order valence-corrected chi connectivity index (χ2v) is 8.57. The van der Waals surface area contributed by atoms with Gasteiger partial charge in [0, 0.05) is 19.6 Å². The molecule has 0 atom stereocenters. The minimum atomic E-state index is 0.162. The largest absolute Gasteiger partial charge is 0.338 e. The van der Waals surface area contributed by atoms with Crippen molar-refractivity contribution in [3.05, 3.63) is 12.2 Å². The van der Waals surface area contributed by atoms with Gasteiger partial charge in [-0.2, -0.15) is 0 Å². The molecule has 1 heterocycles. The smallest absolute Gasteiger partial charge is 0.317 e. The molecule has 0 spiro atoms. The van der Waals surface area contributed by atoms with E-state index in [0.717, 1.165) is 32.5 Å². The molecule has 0 unspecified atom stereocenters. The molecular formula is C25H48N2O. The van der Waals surface area contributed by atoms with Gasteiger partial charge in [0.05, 0.1) is 0 Å². The normalized spacial score (nSPS) is 16.0. The molecule has 0 radical (unpaired) electrons. The van der Waals surface area contributed by atoms with Crippen molar-refractivity contribution in [2.24, 2.45) is 0 Å². The minimum Gasteiger partial charge on any atom is -0.338 e. The Hall–Kier alpha value is -0.990. The summed E-state index contributed by atoms with van der Waals surface area (Å²) in [5, 5.41) is 3.06. The predicted octanol–water partition coefficient (Wildman–Crippen LogP) is 7.61. The van der Waals surface area contributed by atoms with Crippen molar-refractivity contribution in [3.8, 4) is 0 Å². The van der Waals surface area contributed by atoms with Crippen LogP contribution < -0.4 is 5.32 Å². The van der Waals surface area contributed by atoms with Gasteiger partial charge < -0.3 is 10.2 Å². The fourth-order valence-electron chi connectivity index (χ4n) is 3.95. The standard InChI is InChI=1S/C25H48N2O/c1-2-3-4-5-6-7-8-9-10-11-12-13-14-15-17-20-23-27-24-21-18-16-19-22-26-25(27)28/h9-10H,2-8,11-24H2,1H3,(H,26,28)/b10-9-. The first-order valence-corrected chi connectivity index (χ1v) is 12.5. The van der Waals surface area contributed by atoms with Crippen molar-refractivity contribution in [2.45, 2.75) is 122 Å². The molecule has 2 amide bonds. The van der Waals surface area contributed by atoms with E-state index in [-0.39, 0.29) is 6.03 Å². The number of carbonyl (C=O) groups excluding carboxylic acids is 1. The number of urea groups is 1. The van der Waals surface area contributed by atoms with Gasteiger partial charge in [-0.15, -0.1) is 0 Å². The molecule has 0 aliphatic carbocycles. The summed E-state index contributed by atoms with van der Waals surface area (Å²) in [5.74, 6) is 0. The average molecular weight is 393 g/mol. The van der Waals surface area contributed by atoms with Crippen molar-refractivity contribution in [1.29, 1.82) is 0 Å². The van der Waals surface area contributed by atoms with Crippen molar-refractivity contribution in [3.63, 3.8) is 0 Å². The van der Waals surface area contributed by atoms with E-state index >= 15 is 0 Å². The molecule has 0 saturated carbocycles. The zero-order valence-electron chi connectivity index (χ0n) is 18.9. The van der Waals surface area contributed by atoms with E-state index in [1.807, 2.05) is 4.90 Å². The second kappa shape index (κ2) is 19.3. The molecule has 0 aromatic rings. The Morgan fingerprint density at radius 2 is 1.32 bits per heavy atom. The maximum atomic E-state index is 12.1. The molecule has 164 valence electrons. The molecule has 0 aromatic heterocycles. The summed E-state index contributed by atoms with van der Waals surface area (Å²) >= 11 is 0. The van der Waals surface area contributed by atoms with Gasteiger partial charge in [-0.1, -0.05) is 89.7 Å². The Bertz CT molecular complexity index is 381. The SMILES string of the molecule is CCCCCCCC/C=C\CCCCCCCCN1CCCCCCNC1=O. The van der Waals surface area contributed by atoms with Gasteiger partial charge in [-0.05, 0) is 44.9 Å². The van der Waals surface area contributed by atoms with E-state index in [2.05, 4.69) is 24.4 Å². The molecule has 1 fully saturated rings.